The molecule has 0 saturated heterocycles. The number of non-ortho nitro benzene ring substituents is 1. The maximum absolute atomic E-state index is 13.5. The van der Waals surface area contributed by atoms with Crippen LogP contribution in [0.3, 0.4) is 0 Å². The van der Waals surface area contributed by atoms with Gasteiger partial charge in [-0.05, 0) is 81.4 Å². The first kappa shape index (κ1) is 23.3. The molecular formula is C27H30N4O4S. The summed E-state index contributed by atoms with van der Waals surface area (Å²) in [4.78, 5) is 29.2. The van der Waals surface area contributed by atoms with Crippen molar-refractivity contribution >= 4 is 34.4 Å². The van der Waals surface area contributed by atoms with E-state index >= 15 is 0 Å². The van der Waals surface area contributed by atoms with Crippen LogP contribution in [0, 0.1) is 27.9 Å². The molecule has 8 nitrogen and oxygen atoms in total. The first-order chi connectivity index (χ1) is 17.3. The number of carbonyl (C=O) groups excluding carboxylic acids is 1. The van der Waals surface area contributed by atoms with E-state index in [1.807, 2.05) is 35.8 Å². The van der Waals surface area contributed by atoms with Gasteiger partial charge in [0, 0.05) is 17.7 Å². The summed E-state index contributed by atoms with van der Waals surface area (Å²) in [6.45, 7) is 1.91. The Hall–Kier alpha value is -3.07. The summed E-state index contributed by atoms with van der Waals surface area (Å²) in [7, 11) is 1.61. The van der Waals surface area contributed by atoms with Gasteiger partial charge < -0.3 is 10.1 Å². The zero-order chi connectivity index (χ0) is 25.0. The third kappa shape index (κ3) is 4.03. The molecule has 36 heavy (non-hydrogen) atoms. The van der Waals surface area contributed by atoms with Crippen molar-refractivity contribution in [1.29, 1.82) is 0 Å². The molecule has 7 rings (SSSR count). The van der Waals surface area contributed by atoms with Crippen molar-refractivity contribution in [3.63, 3.8) is 0 Å². The number of thioether (sulfide) groups is 1. The third-order valence-corrected chi connectivity index (χ3v) is 9.27. The molecule has 4 saturated carbocycles. The standard InChI is InChI=1S/C27H30N4O4S/c1-16(25(32)29-27-13-17-9-18(14-27)11-19(10-17)15-27)36-26-28-21-12-20(31(33)34)7-8-22(21)30(26)23-5-3-4-6-24(23)35-2/h3-8,12,16-19H,9-11,13-15H2,1-2H3,(H,29,32)/t16-,17?,18?,19?,27?/m1/s1. The van der Waals surface area contributed by atoms with Gasteiger partial charge in [-0.15, -0.1) is 0 Å². The van der Waals surface area contributed by atoms with Crippen LogP contribution in [-0.4, -0.2) is 38.3 Å². The number of nitrogens with one attached hydrogen (secondary N) is 1. The number of amides is 1. The monoisotopic (exact) mass is 506 g/mol. The predicted octanol–water partition coefficient (Wildman–Crippen LogP) is 5.51. The molecule has 1 heterocycles. The van der Waals surface area contributed by atoms with E-state index in [4.69, 9.17) is 9.72 Å². The fourth-order valence-electron chi connectivity index (χ4n) is 7.12. The molecule has 1 amide bonds. The highest BCUT2D eigenvalue weighted by Crippen LogP contribution is 2.55. The number of fused-ring (bicyclic) bond motifs is 1. The number of hydrogen-bond donors (Lipinski definition) is 1. The van der Waals surface area contributed by atoms with Crippen molar-refractivity contribution < 1.29 is 14.5 Å². The molecule has 4 aliphatic carbocycles. The van der Waals surface area contributed by atoms with E-state index in [-0.39, 0.29) is 22.4 Å². The van der Waals surface area contributed by atoms with Crippen LogP contribution in [0.25, 0.3) is 16.7 Å². The molecule has 188 valence electrons. The van der Waals surface area contributed by atoms with Crippen molar-refractivity contribution in [2.24, 2.45) is 17.8 Å². The molecule has 2 aromatic carbocycles. The molecule has 3 aromatic rings. The van der Waals surface area contributed by atoms with Crippen molar-refractivity contribution in [3.8, 4) is 11.4 Å². The smallest absolute Gasteiger partial charge is 0.271 e. The van der Waals surface area contributed by atoms with Gasteiger partial charge in [-0.1, -0.05) is 23.9 Å². The largest absolute Gasteiger partial charge is 0.495 e. The molecule has 4 fully saturated rings. The Morgan fingerprint density at radius 1 is 1.17 bits per heavy atom. The van der Waals surface area contributed by atoms with E-state index in [1.54, 1.807) is 13.2 Å². The molecule has 4 bridgehead atoms. The van der Waals surface area contributed by atoms with Gasteiger partial charge in [-0.25, -0.2) is 4.98 Å². The van der Waals surface area contributed by atoms with Crippen molar-refractivity contribution in [1.82, 2.24) is 14.9 Å². The van der Waals surface area contributed by atoms with E-state index in [0.717, 1.165) is 48.2 Å². The molecule has 1 atom stereocenters. The Labute approximate surface area is 214 Å². The number of hydrogen-bond acceptors (Lipinski definition) is 6. The zero-order valence-electron chi connectivity index (χ0n) is 20.5. The Balaban J connectivity index is 1.32. The van der Waals surface area contributed by atoms with E-state index in [0.29, 0.717) is 16.4 Å². The molecule has 0 spiro atoms. The zero-order valence-corrected chi connectivity index (χ0v) is 21.3. The second-order valence-corrected chi connectivity index (χ2v) is 12.1. The van der Waals surface area contributed by atoms with Crippen LogP contribution in [0.2, 0.25) is 0 Å². The molecule has 1 aromatic heterocycles. The number of nitrogens with zero attached hydrogens (tertiary/aromatic N) is 3. The number of carbonyl (C=O) groups is 1. The lowest BCUT2D eigenvalue weighted by molar-refractivity contribution is -0.384. The fraction of sp³-hybridized carbons (Fsp3) is 0.481. The molecule has 0 unspecified atom stereocenters. The van der Waals surface area contributed by atoms with Crippen molar-refractivity contribution in [3.05, 3.63) is 52.6 Å². The van der Waals surface area contributed by atoms with Gasteiger partial charge in [0.15, 0.2) is 5.16 Å². The lowest BCUT2D eigenvalue weighted by Gasteiger charge is -2.57. The van der Waals surface area contributed by atoms with Crippen molar-refractivity contribution in [2.45, 2.75) is 61.4 Å². The van der Waals surface area contributed by atoms with E-state index in [1.165, 1.54) is 43.2 Å². The Morgan fingerprint density at radius 2 is 1.83 bits per heavy atom. The minimum atomic E-state index is -0.421. The molecule has 1 N–H and O–H groups in total. The number of aromatic nitrogens is 2. The number of ether oxygens (including phenoxy) is 1. The van der Waals surface area contributed by atoms with Gasteiger partial charge in [0.05, 0.1) is 34.0 Å². The summed E-state index contributed by atoms with van der Waals surface area (Å²) < 4.78 is 7.53. The number of methoxy groups -OCH3 is 1. The minimum Gasteiger partial charge on any atom is -0.495 e. The average Bonchev–Trinajstić information content (AvgIpc) is 3.19. The Bertz CT molecular complexity index is 1320. The summed E-state index contributed by atoms with van der Waals surface area (Å²) in [6.07, 6.45) is 7.29. The van der Waals surface area contributed by atoms with Crippen LogP contribution in [-0.2, 0) is 4.79 Å². The van der Waals surface area contributed by atoms with E-state index in [2.05, 4.69) is 5.32 Å². The second kappa shape index (κ2) is 8.80. The van der Waals surface area contributed by atoms with Crippen LogP contribution in [0.15, 0.2) is 47.6 Å². The Morgan fingerprint density at radius 3 is 2.47 bits per heavy atom. The van der Waals surface area contributed by atoms with Gasteiger partial charge in [-0.3, -0.25) is 19.5 Å². The lowest BCUT2D eigenvalue weighted by atomic mass is 9.53. The van der Waals surface area contributed by atoms with Crippen LogP contribution in [0.4, 0.5) is 5.69 Å². The highest BCUT2D eigenvalue weighted by molar-refractivity contribution is 8.00. The van der Waals surface area contributed by atoms with Crippen LogP contribution in [0.1, 0.15) is 45.4 Å². The molecule has 4 aliphatic rings. The maximum Gasteiger partial charge on any atom is 0.271 e. The quantitative estimate of drug-likeness (QED) is 0.258. The molecule has 0 radical (unpaired) electrons. The topological polar surface area (TPSA) is 99.3 Å². The van der Waals surface area contributed by atoms with E-state index in [9.17, 15) is 14.9 Å². The molecule has 9 heteroatoms. The average molecular weight is 507 g/mol. The van der Waals surface area contributed by atoms with Gasteiger partial charge in [0.1, 0.15) is 5.75 Å². The van der Waals surface area contributed by atoms with Gasteiger partial charge in [0.25, 0.3) is 5.69 Å². The van der Waals surface area contributed by atoms with E-state index < -0.39 is 4.92 Å². The highest BCUT2D eigenvalue weighted by Gasteiger charge is 2.51. The van der Waals surface area contributed by atoms with Gasteiger partial charge in [-0.2, -0.15) is 0 Å². The summed E-state index contributed by atoms with van der Waals surface area (Å²) in [5.74, 6) is 2.95. The molecule has 0 aliphatic heterocycles. The maximum atomic E-state index is 13.5. The second-order valence-electron chi connectivity index (χ2n) is 10.8. The highest BCUT2D eigenvalue weighted by atomic mass is 32.2. The summed E-state index contributed by atoms with van der Waals surface area (Å²) in [5.41, 5.74) is 1.93. The van der Waals surface area contributed by atoms with Gasteiger partial charge in [0.2, 0.25) is 5.91 Å². The third-order valence-electron chi connectivity index (χ3n) is 8.22. The summed E-state index contributed by atoms with van der Waals surface area (Å²) >= 11 is 1.38. The summed E-state index contributed by atoms with van der Waals surface area (Å²) in [6, 6.07) is 12.2. The first-order valence-corrected chi connectivity index (χ1v) is 13.5. The van der Waals surface area contributed by atoms with Crippen LogP contribution < -0.4 is 10.1 Å². The minimum absolute atomic E-state index is 0.0173. The Kier molecular flexibility index (Phi) is 5.70. The first-order valence-electron chi connectivity index (χ1n) is 12.6. The number of rotatable bonds is 7. The fourth-order valence-corrected chi connectivity index (χ4v) is 8.06. The summed E-state index contributed by atoms with van der Waals surface area (Å²) in [5, 5.41) is 15.1. The number of para-hydroxylation sites is 2. The lowest BCUT2D eigenvalue weighted by Crippen LogP contribution is -2.60. The number of benzene rings is 2. The van der Waals surface area contributed by atoms with Gasteiger partial charge >= 0.3 is 0 Å². The number of nitro benzene ring substituents is 1. The van der Waals surface area contributed by atoms with Crippen LogP contribution >= 0.6 is 11.8 Å². The normalized spacial score (nSPS) is 27.2. The SMILES string of the molecule is COc1ccccc1-n1c(S[C@H](C)C(=O)NC23CC4CC(CC(C4)C2)C3)nc2cc([N+](=O)[O-])ccc21. The predicted molar refractivity (Wildman–Crippen MR) is 139 cm³/mol. The van der Waals surface area contributed by atoms with Crippen molar-refractivity contribution in [2.75, 3.05) is 7.11 Å². The van der Waals surface area contributed by atoms with Crippen LogP contribution in [0.5, 0.6) is 5.75 Å². The molecular weight excluding hydrogens is 476 g/mol. The number of nitro groups is 1. The number of imidazole rings is 1.